The summed E-state index contributed by atoms with van der Waals surface area (Å²) in [6.07, 6.45) is 0.142. The van der Waals surface area contributed by atoms with E-state index in [0.29, 0.717) is 16.5 Å². The van der Waals surface area contributed by atoms with Crippen LogP contribution in [0.5, 0.6) is 5.75 Å². The van der Waals surface area contributed by atoms with Crippen molar-refractivity contribution in [3.05, 3.63) is 46.4 Å². The van der Waals surface area contributed by atoms with Gasteiger partial charge in [-0.05, 0) is 52.0 Å². The Morgan fingerprint density at radius 2 is 1.89 bits per heavy atom. The Hall–Kier alpha value is -2.32. The highest BCUT2D eigenvalue weighted by atomic mass is 32.2. The minimum absolute atomic E-state index is 0.0466. The molecule has 0 aliphatic heterocycles. The number of hydrogen-bond donors (Lipinski definition) is 2. The highest BCUT2D eigenvalue weighted by Crippen LogP contribution is 2.18. The number of benzene rings is 1. The SMILES string of the molecule is CC(C)OCc1cc(=O)[nH]c(SCC(=O)Nc2ccc(OC(C)C)cc2)n1. The lowest BCUT2D eigenvalue weighted by molar-refractivity contribution is -0.113. The molecule has 0 radical (unpaired) electrons. The summed E-state index contributed by atoms with van der Waals surface area (Å²) in [5.41, 5.74) is 0.948. The summed E-state index contributed by atoms with van der Waals surface area (Å²) in [7, 11) is 0. The van der Waals surface area contributed by atoms with Crippen molar-refractivity contribution >= 4 is 23.4 Å². The van der Waals surface area contributed by atoms with Crippen LogP contribution in [0.3, 0.4) is 0 Å². The van der Waals surface area contributed by atoms with E-state index in [0.717, 1.165) is 17.5 Å². The van der Waals surface area contributed by atoms with E-state index >= 15 is 0 Å². The second-order valence-electron chi connectivity index (χ2n) is 6.43. The molecule has 0 aliphatic rings. The van der Waals surface area contributed by atoms with Gasteiger partial charge in [-0.2, -0.15) is 0 Å². The first-order valence-electron chi connectivity index (χ1n) is 8.73. The van der Waals surface area contributed by atoms with Crippen LogP contribution >= 0.6 is 11.8 Å². The van der Waals surface area contributed by atoms with E-state index in [-0.39, 0.29) is 36.0 Å². The fourth-order valence-corrected chi connectivity index (χ4v) is 2.79. The minimum Gasteiger partial charge on any atom is -0.491 e. The van der Waals surface area contributed by atoms with Crippen molar-refractivity contribution in [2.75, 3.05) is 11.1 Å². The van der Waals surface area contributed by atoms with Crippen molar-refractivity contribution in [2.45, 2.75) is 51.7 Å². The number of aromatic amines is 1. The number of nitrogens with zero attached hydrogens (tertiary/aromatic N) is 1. The van der Waals surface area contributed by atoms with Gasteiger partial charge < -0.3 is 19.8 Å². The van der Waals surface area contributed by atoms with Crippen molar-refractivity contribution in [1.29, 1.82) is 0 Å². The smallest absolute Gasteiger partial charge is 0.251 e. The van der Waals surface area contributed by atoms with Gasteiger partial charge in [-0.3, -0.25) is 9.59 Å². The first-order valence-corrected chi connectivity index (χ1v) is 9.71. The minimum atomic E-state index is -0.268. The van der Waals surface area contributed by atoms with E-state index in [4.69, 9.17) is 9.47 Å². The van der Waals surface area contributed by atoms with E-state index in [9.17, 15) is 9.59 Å². The number of amides is 1. The normalized spacial score (nSPS) is 11.0. The van der Waals surface area contributed by atoms with Crippen LogP contribution < -0.4 is 15.6 Å². The van der Waals surface area contributed by atoms with Gasteiger partial charge in [0, 0.05) is 11.8 Å². The predicted molar refractivity (Wildman–Crippen MR) is 106 cm³/mol. The predicted octanol–water partition coefficient (Wildman–Crippen LogP) is 3.21. The Balaban J connectivity index is 1.88. The number of nitrogens with one attached hydrogen (secondary N) is 2. The lowest BCUT2D eigenvalue weighted by Gasteiger charge is -2.10. The Labute approximate surface area is 162 Å². The molecule has 1 heterocycles. The average Bonchev–Trinajstić information content (AvgIpc) is 2.59. The zero-order valence-corrected chi connectivity index (χ0v) is 16.8. The van der Waals surface area contributed by atoms with Crippen LogP contribution in [0.15, 0.2) is 40.3 Å². The molecule has 0 saturated heterocycles. The summed E-state index contributed by atoms with van der Waals surface area (Å²) in [5.74, 6) is 0.686. The molecule has 1 aromatic carbocycles. The zero-order chi connectivity index (χ0) is 19.8. The molecule has 0 aliphatic carbocycles. The molecular weight excluding hydrogens is 366 g/mol. The molecule has 0 spiro atoms. The number of carbonyl (C=O) groups excluding carboxylic acids is 1. The number of anilines is 1. The van der Waals surface area contributed by atoms with Gasteiger partial charge in [-0.15, -0.1) is 0 Å². The summed E-state index contributed by atoms with van der Waals surface area (Å²) in [5, 5.41) is 3.19. The molecule has 0 bridgehead atoms. The molecule has 7 nitrogen and oxygen atoms in total. The first-order chi connectivity index (χ1) is 12.8. The second kappa shape index (κ2) is 10.1. The molecule has 146 valence electrons. The Morgan fingerprint density at radius 3 is 2.52 bits per heavy atom. The van der Waals surface area contributed by atoms with E-state index in [2.05, 4.69) is 15.3 Å². The third-order valence-corrected chi connectivity index (χ3v) is 4.06. The van der Waals surface area contributed by atoms with Gasteiger partial charge in [0.25, 0.3) is 5.56 Å². The van der Waals surface area contributed by atoms with Crippen molar-refractivity contribution in [3.63, 3.8) is 0 Å². The summed E-state index contributed by atoms with van der Waals surface area (Å²) in [6.45, 7) is 7.99. The average molecular weight is 391 g/mol. The summed E-state index contributed by atoms with van der Waals surface area (Å²) < 4.78 is 11.0. The molecule has 0 fully saturated rings. The van der Waals surface area contributed by atoms with E-state index < -0.39 is 0 Å². The second-order valence-corrected chi connectivity index (χ2v) is 7.39. The Kier molecular flexibility index (Phi) is 7.87. The highest BCUT2D eigenvalue weighted by molar-refractivity contribution is 7.99. The number of carbonyl (C=O) groups is 1. The highest BCUT2D eigenvalue weighted by Gasteiger charge is 2.08. The van der Waals surface area contributed by atoms with Crippen molar-refractivity contribution < 1.29 is 14.3 Å². The Bertz CT molecular complexity index is 803. The molecular formula is C19H25N3O4S. The quantitative estimate of drug-likeness (QED) is 0.504. The van der Waals surface area contributed by atoms with Gasteiger partial charge >= 0.3 is 0 Å². The Morgan fingerprint density at radius 1 is 1.19 bits per heavy atom. The van der Waals surface area contributed by atoms with Crippen LogP contribution in [-0.2, 0) is 16.1 Å². The van der Waals surface area contributed by atoms with Crippen LogP contribution in [0.25, 0.3) is 0 Å². The zero-order valence-electron chi connectivity index (χ0n) is 15.9. The number of ether oxygens (including phenoxy) is 2. The lowest BCUT2D eigenvalue weighted by Crippen LogP contribution is -2.16. The molecule has 1 amide bonds. The standard InChI is InChI=1S/C19H25N3O4S/c1-12(2)25-10-15-9-17(23)22-19(21-15)27-11-18(24)20-14-5-7-16(8-6-14)26-13(3)4/h5-9,12-13H,10-11H2,1-4H3,(H,20,24)(H,21,22,23). The molecule has 2 aromatic rings. The lowest BCUT2D eigenvalue weighted by atomic mass is 10.3. The van der Waals surface area contributed by atoms with Crippen LogP contribution in [0, 0.1) is 0 Å². The number of aromatic nitrogens is 2. The van der Waals surface area contributed by atoms with Crippen LogP contribution in [0.2, 0.25) is 0 Å². The molecule has 2 N–H and O–H groups in total. The van der Waals surface area contributed by atoms with Crippen LogP contribution in [-0.4, -0.2) is 33.8 Å². The molecule has 0 unspecified atom stereocenters. The number of H-pyrrole nitrogens is 1. The number of rotatable bonds is 9. The molecule has 0 saturated carbocycles. The summed E-state index contributed by atoms with van der Waals surface area (Å²) in [4.78, 5) is 30.8. The maximum Gasteiger partial charge on any atom is 0.251 e. The molecule has 2 rings (SSSR count). The van der Waals surface area contributed by atoms with Crippen LogP contribution in [0.4, 0.5) is 5.69 Å². The maximum atomic E-state index is 12.1. The number of hydrogen-bond acceptors (Lipinski definition) is 6. The van der Waals surface area contributed by atoms with Crippen molar-refractivity contribution in [2.24, 2.45) is 0 Å². The molecule has 0 atom stereocenters. The third kappa shape index (κ3) is 7.84. The van der Waals surface area contributed by atoms with Gasteiger partial charge in [0.2, 0.25) is 5.91 Å². The summed E-state index contributed by atoms with van der Waals surface area (Å²) in [6, 6.07) is 8.57. The van der Waals surface area contributed by atoms with Gasteiger partial charge in [0.05, 0.1) is 30.3 Å². The molecule has 8 heteroatoms. The first kappa shape index (κ1) is 21.0. The fourth-order valence-electron chi connectivity index (χ4n) is 2.10. The summed E-state index contributed by atoms with van der Waals surface area (Å²) >= 11 is 1.16. The van der Waals surface area contributed by atoms with Crippen LogP contribution in [0.1, 0.15) is 33.4 Å². The van der Waals surface area contributed by atoms with Crippen molar-refractivity contribution in [3.8, 4) is 5.75 Å². The van der Waals surface area contributed by atoms with E-state index in [1.807, 2.05) is 27.7 Å². The number of thioether (sulfide) groups is 1. The molecule has 1 aromatic heterocycles. The largest absolute Gasteiger partial charge is 0.491 e. The maximum absolute atomic E-state index is 12.1. The van der Waals surface area contributed by atoms with Crippen molar-refractivity contribution in [1.82, 2.24) is 9.97 Å². The van der Waals surface area contributed by atoms with E-state index in [1.54, 1.807) is 24.3 Å². The topological polar surface area (TPSA) is 93.3 Å². The fraction of sp³-hybridized carbons (Fsp3) is 0.421. The van der Waals surface area contributed by atoms with E-state index in [1.165, 1.54) is 6.07 Å². The third-order valence-electron chi connectivity index (χ3n) is 3.19. The molecule has 27 heavy (non-hydrogen) atoms. The van der Waals surface area contributed by atoms with Gasteiger partial charge in [0.15, 0.2) is 5.16 Å². The van der Waals surface area contributed by atoms with Gasteiger partial charge in [0.1, 0.15) is 5.75 Å². The monoisotopic (exact) mass is 391 g/mol. The van der Waals surface area contributed by atoms with Gasteiger partial charge in [-0.1, -0.05) is 11.8 Å². The van der Waals surface area contributed by atoms with Gasteiger partial charge in [-0.25, -0.2) is 4.98 Å².